The molecule has 9 heteroatoms. The summed E-state index contributed by atoms with van der Waals surface area (Å²) in [5.41, 5.74) is 10.7. The predicted octanol–water partition coefficient (Wildman–Crippen LogP) is 4.42. The van der Waals surface area contributed by atoms with Crippen LogP contribution in [0.15, 0.2) is 61.3 Å². The fourth-order valence-corrected chi connectivity index (χ4v) is 4.55. The Morgan fingerprint density at radius 3 is 2.94 bits per heavy atom. The zero-order valence-electron chi connectivity index (χ0n) is 19.3. The Morgan fingerprint density at radius 1 is 1.17 bits per heavy atom. The molecule has 9 nitrogen and oxygen atoms in total. The van der Waals surface area contributed by atoms with Crippen molar-refractivity contribution in [3.8, 4) is 11.4 Å². The summed E-state index contributed by atoms with van der Waals surface area (Å²) < 4.78 is 14.0. The molecule has 0 amide bonds. The lowest BCUT2D eigenvalue weighted by molar-refractivity contribution is 0.113. The molecule has 0 spiro atoms. The van der Waals surface area contributed by atoms with Crippen LogP contribution in [0.1, 0.15) is 30.1 Å². The summed E-state index contributed by atoms with van der Waals surface area (Å²) in [6, 6.07) is 11.9. The van der Waals surface area contributed by atoms with E-state index in [9.17, 15) is 0 Å². The van der Waals surface area contributed by atoms with Crippen LogP contribution in [-0.4, -0.2) is 38.2 Å². The van der Waals surface area contributed by atoms with Gasteiger partial charge in [-0.1, -0.05) is 0 Å². The molecule has 1 saturated heterocycles. The molecule has 1 aromatic carbocycles. The topological polar surface area (TPSA) is 113 Å². The second-order valence-electron chi connectivity index (χ2n) is 8.55. The second kappa shape index (κ2) is 8.84. The molecule has 1 atom stereocenters. The number of aromatic nitrogens is 5. The van der Waals surface area contributed by atoms with E-state index in [0.717, 1.165) is 69.8 Å². The normalized spacial score (nSPS) is 15.6. The number of anilines is 2. The Bertz CT molecular complexity index is 1530. The van der Waals surface area contributed by atoms with Crippen LogP contribution in [0.4, 0.5) is 11.6 Å². The van der Waals surface area contributed by atoms with Gasteiger partial charge in [0.25, 0.3) is 0 Å². The van der Waals surface area contributed by atoms with Gasteiger partial charge in [0, 0.05) is 48.6 Å². The fraction of sp³-hybridized carbons (Fsp3) is 0.231. The van der Waals surface area contributed by atoms with Gasteiger partial charge in [-0.15, -0.1) is 0 Å². The van der Waals surface area contributed by atoms with Crippen molar-refractivity contribution in [3.05, 3.63) is 72.4 Å². The molecule has 0 unspecified atom stereocenters. The van der Waals surface area contributed by atoms with Gasteiger partial charge < -0.3 is 20.5 Å². The lowest BCUT2D eigenvalue weighted by atomic mass is 10.1. The summed E-state index contributed by atoms with van der Waals surface area (Å²) >= 11 is 0. The molecular weight excluding hydrogens is 442 g/mol. The average molecular weight is 468 g/mol. The fourth-order valence-electron chi connectivity index (χ4n) is 4.55. The van der Waals surface area contributed by atoms with Crippen molar-refractivity contribution >= 4 is 33.6 Å². The monoisotopic (exact) mass is 467 g/mol. The molecule has 1 aliphatic heterocycles. The highest BCUT2D eigenvalue weighted by Gasteiger charge is 2.25. The Morgan fingerprint density at radius 2 is 2.09 bits per heavy atom. The number of hydrogen-bond donors (Lipinski definition) is 2. The number of ether oxygens (including phenoxy) is 2. The van der Waals surface area contributed by atoms with Gasteiger partial charge in [-0.2, -0.15) is 0 Å². The summed E-state index contributed by atoms with van der Waals surface area (Å²) in [6.45, 7) is 1.12. The molecule has 0 saturated carbocycles. The number of pyridine rings is 2. The summed E-state index contributed by atoms with van der Waals surface area (Å²) in [5.74, 6) is 2.02. The first-order valence-electron chi connectivity index (χ1n) is 11.6. The number of benzene rings is 1. The van der Waals surface area contributed by atoms with Crippen LogP contribution >= 0.6 is 0 Å². The standard InChI is InChI=1S/C26H25N7O2/c1-28-23-7-5-17-4-6-19(10-21(17)32-23)35-14-16-9-18(12-29-11-16)33-13-20(22-3-2-8-34-22)24-25(27)30-15-31-26(24)33/h4-7,9-13,15,22H,2-3,8,14H2,1H3,(H,28,32)(H2,27,30,31)/t22-/m1/s1. The zero-order chi connectivity index (χ0) is 23.8. The Balaban J connectivity index is 1.30. The molecule has 4 aromatic heterocycles. The van der Waals surface area contributed by atoms with Gasteiger partial charge >= 0.3 is 0 Å². The van der Waals surface area contributed by atoms with Crippen LogP contribution < -0.4 is 15.8 Å². The van der Waals surface area contributed by atoms with E-state index >= 15 is 0 Å². The highest BCUT2D eigenvalue weighted by Crippen LogP contribution is 2.37. The number of hydrogen-bond acceptors (Lipinski definition) is 8. The van der Waals surface area contributed by atoms with Gasteiger partial charge in [0.2, 0.25) is 0 Å². The predicted molar refractivity (Wildman–Crippen MR) is 135 cm³/mol. The number of nitrogens with two attached hydrogens (primary N) is 1. The summed E-state index contributed by atoms with van der Waals surface area (Å²) in [7, 11) is 1.85. The van der Waals surface area contributed by atoms with Crippen molar-refractivity contribution in [3.63, 3.8) is 0 Å². The lowest BCUT2D eigenvalue weighted by Gasteiger charge is -2.10. The number of nitrogens with one attached hydrogen (secondary N) is 1. The van der Waals surface area contributed by atoms with E-state index in [-0.39, 0.29) is 6.10 Å². The maximum Gasteiger partial charge on any atom is 0.150 e. The molecule has 5 heterocycles. The molecule has 0 radical (unpaired) electrons. The van der Waals surface area contributed by atoms with Gasteiger partial charge in [0.15, 0.2) is 0 Å². The molecule has 35 heavy (non-hydrogen) atoms. The first-order valence-corrected chi connectivity index (χ1v) is 11.6. The summed E-state index contributed by atoms with van der Waals surface area (Å²) in [6.07, 6.45) is 9.12. The Labute approximate surface area is 202 Å². The van der Waals surface area contributed by atoms with Gasteiger partial charge in [-0.3, -0.25) is 9.55 Å². The van der Waals surface area contributed by atoms with Crippen molar-refractivity contribution in [2.24, 2.45) is 0 Å². The lowest BCUT2D eigenvalue weighted by Crippen LogP contribution is -2.01. The number of rotatable bonds is 6. The minimum atomic E-state index is -0.00328. The average Bonchev–Trinajstić information content (AvgIpc) is 3.56. The van der Waals surface area contributed by atoms with Crippen LogP contribution in [0.2, 0.25) is 0 Å². The van der Waals surface area contributed by atoms with Crippen molar-refractivity contribution in [1.29, 1.82) is 0 Å². The Hall–Kier alpha value is -4.24. The minimum absolute atomic E-state index is 0.00328. The van der Waals surface area contributed by atoms with Gasteiger partial charge in [0.05, 0.1) is 28.9 Å². The molecule has 3 N–H and O–H groups in total. The Kier molecular flexibility index (Phi) is 5.38. The van der Waals surface area contributed by atoms with E-state index < -0.39 is 0 Å². The van der Waals surface area contributed by atoms with Gasteiger partial charge in [-0.05, 0) is 43.2 Å². The van der Waals surface area contributed by atoms with Gasteiger partial charge in [-0.25, -0.2) is 15.0 Å². The molecule has 0 bridgehead atoms. The smallest absolute Gasteiger partial charge is 0.150 e. The van der Waals surface area contributed by atoms with Crippen molar-refractivity contribution in [1.82, 2.24) is 24.5 Å². The van der Waals surface area contributed by atoms with Crippen molar-refractivity contribution in [2.75, 3.05) is 24.7 Å². The van der Waals surface area contributed by atoms with Crippen LogP contribution in [0.3, 0.4) is 0 Å². The maximum atomic E-state index is 6.25. The number of fused-ring (bicyclic) bond motifs is 2. The van der Waals surface area contributed by atoms with E-state index in [1.165, 1.54) is 6.33 Å². The SMILES string of the molecule is CNc1ccc2ccc(OCc3cncc(-n4cc([C@H]5CCCO5)c5c(N)ncnc54)c3)cc2n1. The zero-order valence-corrected chi connectivity index (χ0v) is 19.3. The van der Waals surface area contributed by atoms with Crippen LogP contribution in [0.25, 0.3) is 27.6 Å². The molecular formula is C26H25N7O2. The quantitative estimate of drug-likeness (QED) is 0.377. The van der Waals surface area contributed by atoms with Crippen LogP contribution in [0.5, 0.6) is 5.75 Å². The van der Waals surface area contributed by atoms with Gasteiger partial charge in [0.1, 0.15) is 36.0 Å². The summed E-state index contributed by atoms with van der Waals surface area (Å²) in [5, 5.41) is 4.96. The molecule has 6 rings (SSSR count). The molecule has 1 fully saturated rings. The number of nitrogens with zero attached hydrogens (tertiary/aromatic N) is 5. The molecule has 0 aliphatic carbocycles. The summed E-state index contributed by atoms with van der Waals surface area (Å²) in [4.78, 5) is 17.8. The van der Waals surface area contributed by atoms with E-state index in [2.05, 4.69) is 25.3 Å². The van der Waals surface area contributed by atoms with Crippen molar-refractivity contribution in [2.45, 2.75) is 25.6 Å². The highest BCUT2D eigenvalue weighted by atomic mass is 16.5. The third-order valence-electron chi connectivity index (χ3n) is 6.30. The maximum absolute atomic E-state index is 6.25. The molecule has 1 aliphatic rings. The number of nitrogen functional groups attached to an aromatic ring is 1. The highest BCUT2D eigenvalue weighted by molar-refractivity contribution is 5.91. The van der Waals surface area contributed by atoms with E-state index in [0.29, 0.717) is 12.4 Å². The van der Waals surface area contributed by atoms with Crippen LogP contribution in [0, 0.1) is 0 Å². The second-order valence-corrected chi connectivity index (χ2v) is 8.55. The van der Waals surface area contributed by atoms with E-state index in [1.807, 2.05) is 54.2 Å². The third kappa shape index (κ3) is 4.00. The van der Waals surface area contributed by atoms with Crippen molar-refractivity contribution < 1.29 is 9.47 Å². The van der Waals surface area contributed by atoms with E-state index in [4.69, 9.17) is 15.2 Å². The first-order chi connectivity index (χ1) is 17.2. The largest absolute Gasteiger partial charge is 0.489 e. The van der Waals surface area contributed by atoms with E-state index in [1.54, 1.807) is 12.4 Å². The van der Waals surface area contributed by atoms with Crippen LogP contribution in [-0.2, 0) is 11.3 Å². The third-order valence-corrected chi connectivity index (χ3v) is 6.30. The molecule has 176 valence electrons. The first kappa shape index (κ1) is 21.3. The molecule has 5 aromatic rings. The minimum Gasteiger partial charge on any atom is -0.489 e.